The summed E-state index contributed by atoms with van der Waals surface area (Å²) in [7, 11) is 1.57. The van der Waals surface area contributed by atoms with Gasteiger partial charge in [-0.1, -0.05) is 29.8 Å². The van der Waals surface area contributed by atoms with Gasteiger partial charge in [0.05, 0.1) is 18.2 Å². The van der Waals surface area contributed by atoms with Gasteiger partial charge in [-0.15, -0.1) is 0 Å². The molecule has 1 atom stereocenters. The minimum atomic E-state index is -0.432. The van der Waals surface area contributed by atoms with Crippen molar-refractivity contribution in [3.63, 3.8) is 0 Å². The van der Waals surface area contributed by atoms with Crippen LogP contribution in [0.1, 0.15) is 18.1 Å². The number of para-hydroxylation sites is 1. The average molecular weight is 354 g/mol. The molecule has 0 amide bonds. The number of aliphatic hydroxyl groups excluding tert-OH is 1. The number of halogens is 2. The van der Waals surface area contributed by atoms with E-state index < -0.39 is 6.10 Å². The van der Waals surface area contributed by atoms with E-state index in [9.17, 15) is 9.50 Å². The molecule has 0 saturated heterocycles. The molecule has 0 bridgehead atoms. The summed E-state index contributed by atoms with van der Waals surface area (Å²) >= 11 is 6.04. The third kappa shape index (κ3) is 5.09. The molecule has 0 aromatic heterocycles. The zero-order valence-electron chi connectivity index (χ0n) is 13.7. The van der Waals surface area contributed by atoms with Crippen molar-refractivity contribution in [3.05, 3.63) is 58.4 Å². The fourth-order valence-corrected chi connectivity index (χ4v) is 2.45. The van der Waals surface area contributed by atoms with Gasteiger partial charge < -0.3 is 19.9 Å². The van der Waals surface area contributed by atoms with Crippen molar-refractivity contribution in [2.75, 3.05) is 13.7 Å². The maximum atomic E-state index is 13.1. The number of rotatable bonds is 8. The van der Waals surface area contributed by atoms with E-state index in [4.69, 9.17) is 21.1 Å². The van der Waals surface area contributed by atoms with Crippen LogP contribution in [-0.4, -0.2) is 24.9 Å². The molecule has 0 aliphatic heterocycles. The lowest BCUT2D eigenvalue weighted by atomic mass is 10.1. The third-order valence-electron chi connectivity index (χ3n) is 3.42. The van der Waals surface area contributed by atoms with Crippen LogP contribution >= 0.6 is 11.6 Å². The fraction of sp³-hybridized carbons (Fsp3) is 0.333. The summed E-state index contributed by atoms with van der Waals surface area (Å²) in [6.45, 7) is 2.91. The lowest BCUT2D eigenvalue weighted by molar-refractivity contribution is 0.190. The van der Waals surface area contributed by atoms with Gasteiger partial charge in [-0.2, -0.15) is 0 Å². The maximum absolute atomic E-state index is 13.1. The van der Waals surface area contributed by atoms with Crippen molar-refractivity contribution >= 4 is 11.6 Å². The first-order valence-corrected chi connectivity index (χ1v) is 8.00. The van der Waals surface area contributed by atoms with Crippen LogP contribution in [0.15, 0.2) is 36.4 Å². The van der Waals surface area contributed by atoms with E-state index in [0.29, 0.717) is 35.2 Å². The molecule has 0 fully saturated rings. The van der Waals surface area contributed by atoms with Gasteiger partial charge in [-0.25, -0.2) is 4.39 Å². The van der Waals surface area contributed by atoms with Gasteiger partial charge in [-0.05, 0) is 25.1 Å². The third-order valence-corrected chi connectivity index (χ3v) is 3.77. The first-order chi connectivity index (χ1) is 11.5. The molecule has 0 unspecified atom stereocenters. The van der Waals surface area contributed by atoms with Gasteiger partial charge in [0.25, 0.3) is 0 Å². The zero-order valence-corrected chi connectivity index (χ0v) is 14.4. The highest BCUT2D eigenvalue weighted by Crippen LogP contribution is 2.32. The number of ether oxygens (including phenoxy) is 2. The van der Waals surface area contributed by atoms with E-state index >= 15 is 0 Å². The predicted molar refractivity (Wildman–Crippen MR) is 92.1 cm³/mol. The van der Waals surface area contributed by atoms with Crippen LogP contribution in [0.2, 0.25) is 5.02 Å². The molecule has 24 heavy (non-hydrogen) atoms. The summed E-state index contributed by atoms with van der Waals surface area (Å²) in [4.78, 5) is 0. The van der Waals surface area contributed by atoms with Crippen molar-refractivity contribution in [1.82, 2.24) is 5.32 Å². The van der Waals surface area contributed by atoms with E-state index in [2.05, 4.69) is 5.32 Å². The number of aliphatic hydroxyl groups is 1. The van der Waals surface area contributed by atoms with E-state index in [0.717, 1.165) is 5.56 Å². The van der Waals surface area contributed by atoms with E-state index in [1.807, 2.05) is 12.1 Å². The molecule has 0 aliphatic carbocycles. The van der Waals surface area contributed by atoms with Crippen molar-refractivity contribution in [2.24, 2.45) is 0 Å². The fourth-order valence-electron chi connectivity index (χ4n) is 2.23. The van der Waals surface area contributed by atoms with Crippen LogP contribution in [0.4, 0.5) is 4.39 Å². The standard InChI is InChI=1S/C18H21ClFNO3/c1-12(22)9-21-10-13-4-3-5-17(23-2)18(13)24-11-14-6-7-15(20)8-16(14)19/h3-8,12,21-22H,9-11H2,1-2H3/t12-/m1/s1. The second-order valence-corrected chi connectivity index (χ2v) is 5.86. The Morgan fingerprint density at radius 3 is 2.71 bits per heavy atom. The van der Waals surface area contributed by atoms with Gasteiger partial charge in [0.2, 0.25) is 0 Å². The van der Waals surface area contributed by atoms with Crippen LogP contribution in [0.5, 0.6) is 11.5 Å². The SMILES string of the molecule is COc1cccc(CNC[C@@H](C)O)c1OCc1ccc(F)cc1Cl. The highest BCUT2D eigenvalue weighted by Gasteiger charge is 2.12. The van der Waals surface area contributed by atoms with E-state index in [1.165, 1.54) is 12.1 Å². The first kappa shape index (κ1) is 18.5. The normalized spacial score (nSPS) is 12.0. The summed E-state index contributed by atoms with van der Waals surface area (Å²) in [5.41, 5.74) is 1.58. The molecule has 130 valence electrons. The molecule has 0 spiro atoms. The Bertz CT molecular complexity index is 679. The number of methoxy groups -OCH3 is 1. The topological polar surface area (TPSA) is 50.7 Å². The van der Waals surface area contributed by atoms with Crippen LogP contribution in [0.3, 0.4) is 0 Å². The van der Waals surface area contributed by atoms with Crippen LogP contribution in [0.25, 0.3) is 0 Å². The molecule has 0 heterocycles. The molecule has 0 aliphatic rings. The molecule has 2 N–H and O–H groups in total. The minimum Gasteiger partial charge on any atom is -0.493 e. The Morgan fingerprint density at radius 1 is 1.25 bits per heavy atom. The largest absolute Gasteiger partial charge is 0.493 e. The number of hydrogen-bond donors (Lipinski definition) is 2. The van der Waals surface area contributed by atoms with Gasteiger partial charge in [0.15, 0.2) is 11.5 Å². The van der Waals surface area contributed by atoms with Gasteiger partial charge >= 0.3 is 0 Å². The van der Waals surface area contributed by atoms with Crippen LogP contribution in [0, 0.1) is 5.82 Å². The monoisotopic (exact) mass is 353 g/mol. The number of hydrogen-bond acceptors (Lipinski definition) is 4. The van der Waals surface area contributed by atoms with Crippen LogP contribution in [-0.2, 0) is 13.2 Å². The van der Waals surface area contributed by atoms with E-state index in [1.54, 1.807) is 26.2 Å². The Labute approximate surface area is 146 Å². The predicted octanol–water partition coefficient (Wildman–Crippen LogP) is 3.54. The van der Waals surface area contributed by atoms with Crippen LogP contribution < -0.4 is 14.8 Å². The highest BCUT2D eigenvalue weighted by molar-refractivity contribution is 6.31. The second kappa shape index (κ2) is 8.87. The van der Waals surface area contributed by atoms with Gasteiger partial charge in [0.1, 0.15) is 12.4 Å². The van der Waals surface area contributed by atoms with Gasteiger partial charge in [-0.3, -0.25) is 0 Å². The smallest absolute Gasteiger partial charge is 0.166 e. The lowest BCUT2D eigenvalue weighted by Crippen LogP contribution is -2.24. The van der Waals surface area contributed by atoms with Crippen molar-refractivity contribution in [1.29, 1.82) is 0 Å². The first-order valence-electron chi connectivity index (χ1n) is 7.62. The lowest BCUT2D eigenvalue weighted by Gasteiger charge is -2.16. The Balaban J connectivity index is 2.14. The highest BCUT2D eigenvalue weighted by atomic mass is 35.5. The zero-order chi connectivity index (χ0) is 17.5. The quantitative estimate of drug-likeness (QED) is 0.762. The Kier molecular flexibility index (Phi) is 6.85. The molecular weight excluding hydrogens is 333 g/mol. The molecule has 2 aromatic rings. The summed E-state index contributed by atoms with van der Waals surface area (Å²) < 4.78 is 24.4. The molecule has 0 saturated carbocycles. The maximum Gasteiger partial charge on any atom is 0.166 e. The Morgan fingerprint density at radius 2 is 2.04 bits per heavy atom. The second-order valence-electron chi connectivity index (χ2n) is 5.45. The minimum absolute atomic E-state index is 0.197. The molecule has 2 aromatic carbocycles. The summed E-state index contributed by atoms with van der Waals surface area (Å²) in [5.74, 6) is 0.812. The number of nitrogens with one attached hydrogen (secondary N) is 1. The average Bonchev–Trinajstić information content (AvgIpc) is 2.54. The number of benzene rings is 2. The molecular formula is C18H21ClFNO3. The molecule has 0 radical (unpaired) electrons. The summed E-state index contributed by atoms with van der Waals surface area (Å²) in [6, 6.07) is 9.79. The summed E-state index contributed by atoms with van der Waals surface area (Å²) in [5, 5.41) is 12.8. The molecule has 6 heteroatoms. The molecule has 4 nitrogen and oxygen atoms in total. The van der Waals surface area contributed by atoms with Crippen molar-refractivity contribution in [3.8, 4) is 11.5 Å². The van der Waals surface area contributed by atoms with E-state index in [-0.39, 0.29) is 12.4 Å². The summed E-state index contributed by atoms with van der Waals surface area (Å²) in [6.07, 6.45) is -0.432. The van der Waals surface area contributed by atoms with Crippen molar-refractivity contribution < 1.29 is 19.0 Å². The van der Waals surface area contributed by atoms with Crippen molar-refractivity contribution in [2.45, 2.75) is 26.2 Å². The Hall–Kier alpha value is -1.82. The van der Waals surface area contributed by atoms with Gasteiger partial charge in [0, 0.05) is 24.2 Å². The molecule has 2 rings (SSSR count).